The van der Waals surface area contributed by atoms with Crippen molar-refractivity contribution < 1.29 is 9.90 Å². The molecule has 2 aromatic rings. The minimum Gasteiger partial charge on any atom is -0.508 e. The summed E-state index contributed by atoms with van der Waals surface area (Å²) in [5.41, 5.74) is 8.43. The molecule has 0 aliphatic carbocycles. The van der Waals surface area contributed by atoms with E-state index in [1.807, 2.05) is 41.3 Å². The lowest BCUT2D eigenvalue weighted by Gasteiger charge is -2.34. The topological polar surface area (TPSA) is 69.8 Å². The largest absolute Gasteiger partial charge is 0.508 e. The van der Waals surface area contributed by atoms with Crippen LogP contribution in [0.4, 0.5) is 0 Å². The van der Waals surface area contributed by atoms with Crippen molar-refractivity contribution in [2.45, 2.75) is 13.1 Å². The molecule has 2 aromatic carbocycles. The van der Waals surface area contributed by atoms with Crippen LogP contribution >= 0.6 is 0 Å². The average molecular weight is 325 g/mol. The zero-order valence-corrected chi connectivity index (χ0v) is 13.7. The molecule has 3 rings (SSSR count). The molecular weight excluding hydrogens is 302 g/mol. The van der Waals surface area contributed by atoms with E-state index in [1.54, 1.807) is 12.1 Å². The summed E-state index contributed by atoms with van der Waals surface area (Å²) in [5.74, 6) is 0.373. The number of piperazine rings is 1. The van der Waals surface area contributed by atoms with E-state index in [1.165, 1.54) is 0 Å². The Morgan fingerprint density at radius 3 is 2.33 bits per heavy atom. The van der Waals surface area contributed by atoms with Crippen LogP contribution in [0.1, 0.15) is 21.5 Å². The van der Waals surface area contributed by atoms with Gasteiger partial charge in [0, 0.05) is 44.8 Å². The second-order valence-corrected chi connectivity index (χ2v) is 6.14. The summed E-state index contributed by atoms with van der Waals surface area (Å²) in [6.07, 6.45) is 0. The predicted molar refractivity (Wildman–Crippen MR) is 93.6 cm³/mol. The number of phenolic OH excluding ortho intramolecular Hbond substituents is 1. The van der Waals surface area contributed by atoms with Crippen molar-refractivity contribution in [2.24, 2.45) is 5.73 Å². The quantitative estimate of drug-likeness (QED) is 0.899. The van der Waals surface area contributed by atoms with Crippen molar-refractivity contribution in [3.05, 3.63) is 65.2 Å². The average Bonchev–Trinajstić information content (AvgIpc) is 2.62. The van der Waals surface area contributed by atoms with E-state index in [2.05, 4.69) is 4.90 Å². The smallest absolute Gasteiger partial charge is 0.253 e. The molecule has 0 atom stereocenters. The van der Waals surface area contributed by atoms with Crippen LogP contribution in [0.2, 0.25) is 0 Å². The van der Waals surface area contributed by atoms with Gasteiger partial charge in [-0.05, 0) is 35.4 Å². The lowest BCUT2D eigenvalue weighted by Crippen LogP contribution is -2.48. The highest BCUT2D eigenvalue weighted by molar-refractivity contribution is 5.94. The van der Waals surface area contributed by atoms with Gasteiger partial charge in [-0.1, -0.05) is 24.3 Å². The van der Waals surface area contributed by atoms with E-state index in [9.17, 15) is 9.90 Å². The Morgan fingerprint density at radius 2 is 1.71 bits per heavy atom. The van der Waals surface area contributed by atoms with Crippen LogP contribution in [0.15, 0.2) is 48.5 Å². The number of carbonyl (C=O) groups is 1. The minimum absolute atomic E-state index is 0.0792. The molecule has 0 aromatic heterocycles. The molecule has 0 bridgehead atoms. The Hall–Kier alpha value is -2.37. The molecule has 0 radical (unpaired) electrons. The fourth-order valence-corrected chi connectivity index (χ4v) is 2.99. The van der Waals surface area contributed by atoms with Gasteiger partial charge in [0.2, 0.25) is 0 Å². The van der Waals surface area contributed by atoms with Gasteiger partial charge in [0.25, 0.3) is 5.91 Å². The van der Waals surface area contributed by atoms with Gasteiger partial charge in [-0.25, -0.2) is 0 Å². The lowest BCUT2D eigenvalue weighted by atomic mass is 10.1. The van der Waals surface area contributed by atoms with Crippen LogP contribution in [0.3, 0.4) is 0 Å². The maximum absolute atomic E-state index is 12.6. The standard InChI is InChI=1S/C19H23N3O2/c20-13-15-4-6-17(7-5-15)19(24)22-10-8-21(9-11-22)14-16-2-1-3-18(23)12-16/h1-7,12,23H,8-11,13-14,20H2. The third-order valence-electron chi connectivity index (χ3n) is 4.41. The summed E-state index contributed by atoms with van der Waals surface area (Å²) in [5, 5.41) is 9.54. The molecule has 0 saturated carbocycles. The van der Waals surface area contributed by atoms with Crippen molar-refractivity contribution in [3.63, 3.8) is 0 Å². The molecule has 1 fully saturated rings. The second kappa shape index (κ2) is 7.47. The number of rotatable bonds is 4. The summed E-state index contributed by atoms with van der Waals surface area (Å²) in [6.45, 7) is 4.39. The Balaban J connectivity index is 1.55. The van der Waals surface area contributed by atoms with Crippen molar-refractivity contribution in [2.75, 3.05) is 26.2 Å². The van der Waals surface area contributed by atoms with Crippen molar-refractivity contribution in [1.82, 2.24) is 9.80 Å². The first-order chi connectivity index (χ1) is 11.7. The highest BCUT2D eigenvalue weighted by Crippen LogP contribution is 2.15. The van der Waals surface area contributed by atoms with Crippen molar-refractivity contribution in [1.29, 1.82) is 0 Å². The summed E-state index contributed by atoms with van der Waals surface area (Å²) in [7, 11) is 0. The van der Waals surface area contributed by atoms with E-state index in [0.29, 0.717) is 17.9 Å². The van der Waals surface area contributed by atoms with Crippen molar-refractivity contribution >= 4 is 5.91 Å². The minimum atomic E-state index is 0.0792. The zero-order valence-electron chi connectivity index (χ0n) is 13.7. The van der Waals surface area contributed by atoms with E-state index in [-0.39, 0.29) is 5.91 Å². The number of benzene rings is 2. The third kappa shape index (κ3) is 3.93. The number of phenols is 1. The third-order valence-corrected chi connectivity index (χ3v) is 4.41. The number of hydrogen-bond acceptors (Lipinski definition) is 4. The Labute approximate surface area is 142 Å². The number of aromatic hydroxyl groups is 1. The molecular formula is C19H23N3O2. The SMILES string of the molecule is NCc1ccc(C(=O)N2CCN(Cc3cccc(O)c3)CC2)cc1. The lowest BCUT2D eigenvalue weighted by molar-refractivity contribution is 0.0628. The summed E-state index contributed by atoms with van der Waals surface area (Å²) in [4.78, 5) is 16.8. The first kappa shape index (κ1) is 16.5. The number of carbonyl (C=O) groups excluding carboxylic acids is 1. The summed E-state index contributed by atoms with van der Waals surface area (Å²) >= 11 is 0. The predicted octanol–water partition coefficient (Wildman–Crippen LogP) is 1.81. The summed E-state index contributed by atoms with van der Waals surface area (Å²) in [6, 6.07) is 14.8. The molecule has 5 heteroatoms. The van der Waals surface area contributed by atoms with Crippen LogP contribution < -0.4 is 5.73 Å². The Morgan fingerprint density at radius 1 is 1.00 bits per heavy atom. The molecule has 1 aliphatic heterocycles. The van der Waals surface area contributed by atoms with Gasteiger partial charge in [-0.3, -0.25) is 9.69 Å². The number of amides is 1. The van der Waals surface area contributed by atoms with Gasteiger partial charge in [0.05, 0.1) is 0 Å². The number of nitrogens with two attached hydrogens (primary N) is 1. The van der Waals surface area contributed by atoms with Gasteiger partial charge in [0.1, 0.15) is 5.75 Å². The molecule has 1 amide bonds. The molecule has 5 nitrogen and oxygen atoms in total. The van der Waals surface area contributed by atoms with Gasteiger partial charge >= 0.3 is 0 Å². The van der Waals surface area contributed by atoms with E-state index in [4.69, 9.17) is 5.73 Å². The van der Waals surface area contributed by atoms with E-state index >= 15 is 0 Å². The second-order valence-electron chi connectivity index (χ2n) is 6.14. The first-order valence-electron chi connectivity index (χ1n) is 8.24. The highest BCUT2D eigenvalue weighted by atomic mass is 16.3. The molecule has 1 aliphatic rings. The maximum Gasteiger partial charge on any atom is 0.253 e. The number of nitrogens with zero attached hydrogens (tertiary/aromatic N) is 2. The fraction of sp³-hybridized carbons (Fsp3) is 0.316. The van der Waals surface area contributed by atoms with E-state index in [0.717, 1.165) is 43.9 Å². The van der Waals surface area contributed by atoms with Crippen LogP contribution in [-0.2, 0) is 13.1 Å². The molecule has 1 saturated heterocycles. The monoisotopic (exact) mass is 325 g/mol. The molecule has 3 N–H and O–H groups in total. The van der Waals surface area contributed by atoms with E-state index < -0.39 is 0 Å². The van der Waals surface area contributed by atoms with Gasteiger partial charge in [-0.15, -0.1) is 0 Å². The Kier molecular flexibility index (Phi) is 5.13. The first-order valence-corrected chi connectivity index (χ1v) is 8.24. The molecule has 126 valence electrons. The van der Waals surface area contributed by atoms with Crippen LogP contribution in [0.5, 0.6) is 5.75 Å². The van der Waals surface area contributed by atoms with Crippen LogP contribution in [-0.4, -0.2) is 47.0 Å². The van der Waals surface area contributed by atoms with Crippen LogP contribution in [0.25, 0.3) is 0 Å². The molecule has 0 spiro atoms. The Bertz CT molecular complexity index is 692. The normalized spacial score (nSPS) is 15.5. The summed E-state index contributed by atoms with van der Waals surface area (Å²) < 4.78 is 0. The van der Waals surface area contributed by atoms with Gasteiger partial charge < -0.3 is 15.7 Å². The van der Waals surface area contributed by atoms with Gasteiger partial charge in [0.15, 0.2) is 0 Å². The zero-order chi connectivity index (χ0) is 16.9. The molecule has 24 heavy (non-hydrogen) atoms. The van der Waals surface area contributed by atoms with Crippen molar-refractivity contribution in [3.8, 4) is 5.75 Å². The molecule has 0 unspecified atom stereocenters. The van der Waals surface area contributed by atoms with Gasteiger partial charge in [-0.2, -0.15) is 0 Å². The maximum atomic E-state index is 12.6. The molecule has 1 heterocycles. The highest BCUT2D eigenvalue weighted by Gasteiger charge is 2.22. The van der Waals surface area contributed by atoms with Crippen LogP contribution in [0, 0.1) is 0 Å². The number of hydrogen-bond donors (Lipinski definition) is 2. The fourth-order valence-electron chi connectivity index (χ4n) is 2.99.